The molecule has 9 nitrogen and oxygen atoms in total. The van der Waals surface area contributed by atoms with Gasteiger partial charge in [0.05, 0.1) is 13.2 Å². The molecule has 0 fully saturated rings. The third-order valence-corrected chi connectivity index (χ3v) is 4.95. The molecule has 0 unspecified atom stereocenters. The zero-order valence-corrected chi connectivity index (χ0v) is 18.0. The van der Waals surface area contributed by atoms with Crippen molar-refractivity contribution >= 4 is 23.5 Å². The number of ether oxygens (including phenoxy) is 2. The van der Waals surface area contributed by atoms with Gasteiger partial charge in [0.2, 0.25) is 0 Å². The van der Waals surface area contributed by atoms with Crippen LogP contribution in [-0.4, -0.2) is 42.3 Å². The van der Waals surface area contributed by atoms with Crippen LogP contribution in [0.4, 0.5) is 11.5 Å². The molecule has 2 heterocycles. The highest BCUT2D eigenvalue weighted by Gasteiger charge is 2.23. The Kier molecular flexibility index (Phi) is 6.96. The number of hydrogen-bond donors (Lipinski definition) is 2. The van der Waals surface area contributed by atoms with Crippen LogP contribution in [0, 0.1) is 5.92 Å². The lowest BCUT2D eigenvalue weighted by Gasteiger charge is -2.23. The molecule has 2 aromatic rings. The van der Waals surface area contributed by atoms with E-state index in [-0.39, 0.29) is 30.6 Å². The molecule has 0 saturated heterocycles. The maximum atomic E-state index is 13.0. The second kappa shape index (κ2) is 9.65. The molecule has 3 N–H and O–H groups in total. The minimum Gasteiger partial charge on any atom is -0.493 e. The third kappa shape index (κ3) is 5.05. The number of amides is 1. The zero-order valence-electron chi connectivity index (χ0n) is 18.0. The van der Waals surface area contributed by atoms with Crippen LogP contribution in [-0.2, 0) is 22.5 Å². The summed E-state index contributed by atoms with van der Waals surface area (Å²) >= 11 is 0. The monoisotopic (exact) mass is 428 g/mol. The number of fused-ring (bicyclic) bond motifs is 1. The molecule has 0 saturated carbocycles. The van der Waals surface area contributed by atoms with Crippen molar-refractivity contribution in [1.29, 1.82) is 0 Å². The second-order valence-corrected chi connectivity index (χ2v) is 7.78. The maximum absolute atomic E-state index is 13.0. The van der Waals surface area contributed by atoms with E-state index in [4.69, 9.17) is 15.2 Å². The molecule has 1 amide bonds. The SMILES string of the molecule is COCCN(C(=O)/C=C/c1ccc2c(c1)CCO2)c1c(N)n(CC(C)C)c(=O)[nH]c1=O. The van der Waals surface area contributed by atoms with Gasteiger partial charge in [-0.1, -0.05) is 19.9 Å². The van der Waals surface area contributed by atoms with Crippen LogP contribution in [0.3, 0.4) is 0 Å². The van der Waals surface area contributed by atoms with Crippen LogP contribution < -0.4 is 26.6 Å². The van der Waals surface area contributed by atoms with Gasteiger partial charge in [-0.2, -0.15) is 0 Å². The van der Waals surface area contributed by atoms with Gasteiger partial charge >= 0.3 is 5.69 Å². The normalized spacial score (nSPS) is 12.9. The number of methoxy groups -OCH3 is 1. The molecule has 166 valence electrons. The number of anilines is 2. The fourth-order valence-corrected chi connectivity index (χ4v) is 3.47. The Hall–Kier alpha value is -3.33. The van der Waals surface area contributed by atoms with Crippen molar-refractivity contribution in [3.63, 3.8) is 0 Å². The lowest BCUT2D eigenvalue weighted by Crippen LogP contribution is -2.42. The number of H-pyrrole nitrogens is 1. The minimum absolute atomic E-state index is 0.0463. The summed E-state index contributed by atoms with van der Waals surface area (Å²) in [6.45, 7) is 5.11. The van der Waals surface area contributed by atoms with Crippen molar-refractivity contribution < 1.29 is 14.3 Å². The molecule has 31 heavy (non-hydrogen) atoms. The van der Waals surface area contributed by atoms with Crippen molar-refractivity contribution in [3.05, 3.63) is 56.2 Å². The maximum Gasteiger partial charge on any atom is 0.330 e. The van der Waals surface area contributed by atoms with Crippen LogP contribution in [0.2, 0.25) is 0 Å². The molecule has 0 aliphatic carbocycles. The molecule has 1 aliphatic heterocycles. The summed E-state index contributed by atoms with van der Waals surface area (Å²) in [5.74, 6) is 0.484. The predicted octanol–water partition coefficient (Wildman–Crippen LogP) is 1.40. The summed E-state index contributed by atoms with van der Waals surface area (Å²) in [5.41, 5.74) is 6.74. The lowest BCUT2D eigenvalue weighted by atomic mass is 10.1. The van der Waals surface area contributed by atoms with E-state index >= 15 is 0 Å². The average molecular weight is 428 g/mol. The molecular weight excluding hydrogens is 400 g/mol. The van der Waals surface area contributed by atoms with Gasteiger partial charge in [0.25, 0.3) is 11.5 Å². The van der Waals surface area contributed by atoms with Crippen LogP contribution >= 0.6 is 0 Å². The van der Waals surface area contributed by atoms with Crippen molar-refractivity contribution in [2.45, 2.75) is 26.8 Å². The van der Waals surface area contributed by atoms with Gasteiger partial charge in [0.1, 0.15) is 11.6 Å². The summed E-state index contributed by atoms with van der Waals surface area (Å²) < 4.78 is 11.9. The fraction of sp³-hybridized carbons (Fsp3) is 0.409. The first-order valence-corrected chi connectivity index (χ1v) is 10.2. The molecule has 0 spiro atoms. The van der Waals surface area contributed by atoms with Gasteiger partial charge in [0.15, 0.2) is 5.69 Å². The first-order valence-electron chi connectivity index (χ1n) is 10.2. The van der Waals surface area contributed by atoms with Gasteiger partial charge < -0.3 is 15.2 Å². The van der Waals surface area contributed by atoms with Gasteiger partial charge in [-0.3, -0.25) is 24.0 Å². The number of carbonyl (C=O) groups excluding carboxylic acids is 1. The number of nitrogen functional groups attached to an aromatic ring is 1. The Labute approximate surface area is 180 Å². The highest BCUT2D eigenvalue weighted by Crippen LogP contribution is 2.26. The molecule has 1 aliphatic rings. The van der Waals surface area contributed by atoms with E-state index in [0.717, 1.165) is 23.3 Å². The summed E-state index contributed by atoms with van der Waals surface area (Å²) in [6.07, 6.45) is 3.88. The number of rotatable bonds is 8. The number of benzene rings is 1. The van der Waals surface area contributed by atoms with E-state index in [1.807, 2.05) is 32.0 Å². The van der Waals surface area contributed by atoms with Crippen molar-refractivity contribution in [2.24, 2.45) is 5.92 Å². The predicted molar refractivity (Wildman–Crippen MR) is 119 cm³/mol. The minimum atomic E-state index is -0.713. The summed E-state index contributed by atoms with van der Waals surface area (Å²) in [7, 11) is 1.50. The molecule has 3 rings (SSSR count). The number of nitrogens with one attached hydrogen (secondary N) is 1. The number of nitrogens with two attached hydrogens (primary N) is 1. The number of aromatic nitrogens is 2. The third-order valence-electron chi connectivity index (χ3n) is 4.95. The van der Waals surface area contributed by atoms with Gasteiger partial charge in [-0.25, -0.2) is 4.79 Å². The molecule has 1 aromatic carbocycles. The molecule has 0 radical (unpaired) electrons. The van der Waals surface area contributed by atoms with Gasteiger partial charge in [-0.05, 0) is 35.3 Å². The van der Waals surface area contributed by atoms with Crippen LogP contribution in [0.25, 0.3) is 6.08 Å². The zero-order chi connectivity index (χ0) is 22.5. The average Bonchev–Trinajstić information content (AvgIpc) is 3.19. The first-order chi connectivity index (χ1) is 14.8. The number of nitrogens with zero attached hydrogens (tertiary/aromatic N) is 2. The van der Waals surface area contributed by atoms with Crippen molar-refractivity contribution in [2.75, 3.05) is 37.5 Å². The number of aromatic amines is 1. The summed E-state index contributed by atoms with van der Waals surface area (Å²) in [4.78, 5) is 41.4. The Balaban J connectivity index is 1.95. The smallest absolute Gasteiger partial charge is 0.330 e. The van der Waals surface area contributed by atoms with E-state index in [1.54, 1.807) is 6.08 Å². The summed E-state index contributed by atoms with van der Waals surface area (Å²) in [5, 5.41) is 0. The molecular formula is C22H28N4O5. The number of carbonyl (C=O) groups is 1. The second-order valence-electron chi connectivity index (χ2n) is 7.78. The Morgan fingerprint density at radius 3 is 2.87 bits per heavy atom. The fourth-order valence-electron chi connectivity index (χ4n) is 3.47. The first kappa shape index (κ1) is 22.4. The van der Waals surface area contributed by atoms with E-state index in [2.05, 4.69) is 4.98 Å². The van der Waals surface area contributed by atoms with E-state index < -0.39 is 17.2 Å². The topological polar surface area (TPSA) is 120 Å². The number of hydrogen-bond acceptors (Lipinski definition) is 6. The quantitative estimate of drug-likeness (QED) is 0.614. The van der Waals surface area contributed by atoms with Crippen molar-refractivity contribution in [3.8, 4) is 5.75 Å². The van der Waals surface area contributed by atoms with Crippen LogP contribution in [0.5, 0.6) is 5.75 Å². The van der Waals surface area contributed by atoms with E-state index in [0.29, 0.717) is 13.2 Å². The Bertz CT molecular complexity index is 1100. The van der Waals surface area contributed by atoms with Gasteiger partial charge in [-0.15, -0.1) is 0 Å². The molecule has 0 atom stereocenters. The van der Waals surface area contributed by atoms with Gasteiger partial charge in [0, 0.05) is 32.7 Å². The molecule has 9 heteroatoms. The molecule has 1 aromatic heterocycles. The Morgan fingerprint density at radius 1 is 1.39 bits per heavy atom. The Morgan fingerprint density at radius 2 is 2.16 bits per heavy atom. The highest BCUT2D eigenvalue weighted by molar-refractivity contribution is 6.05. The van der Waals surface area contributed by atoms with Crippen LogP contribution in [0.1, 0.15) is 25.0 Å². The lowest BCUT2D eigenvalue weighted by molar-refractivity contribution is -0.114. The highest BCUT2D eigenvalue weighted by atomic mass is 16.5. The molecule has 0 bridgehead atoms. The summed E-state index contributed by atoms with van der Waals surface area (Å²) in [6, 6.07) is 5.70. The van der Waals surface area contributed by atoms with E-state index in [9.17, 15) is 14.4 Å². The van der Waals surface area contributed by atoms with Crippen molar-refractivity contribution in [1.82, 2.24) is 9.55 Å². The van der Waals surface area contributed by atoms with Crippen LogP contribution in [0.15, 0.2) is 33.9 Å². The largest absolute Gasteiger partial charge is 0.493 e. The standard InChI is InChI=1S/C22H28N4O5/c1-14(2)13-26-20(23)19(21(28)24-22(26)29)25(9-11-30-3)18(27)7-5-15-4-6-17-16(12-15)8-10-31-17/h4-7,12,14H,8-11,13,23H2,1-3H3,(H,24,28,29)/b7-5+. The van der Waals surface area contributed by atoms with E-state index in [1.165, 1.54) is 22.7 Å².